The van der Waals surface area contributed by atoms with Crippen molar-refractivity contribution in [3.8, 4) is 0 Å². The van der Waals surface area contributed by atoms with Gasteiger partial charge in [-0.25, -0.2) is 10.6 Å². The predicted octanol–water partition coefficient (Wildman–Crippen LogP) is -0.189. The van der Waals surface area contributed by atoms with Gasteiger partial charge in [0.1, 0.15) is 0 Å². The van der Waals surface area contributed by atoms with Gasteiger partial charge in [-0.3, -0.25) is 10.9 Å². The van der Waals surface area contributed by atoms with E-state index in [1.165, 1.54) is 0 Å². The summed E-state index contributed by atoms with van der Waals surface area (Å²) in [4.78, 5) is 10.8. The lowest BCUT2D eigenvalue weighted by Crippen LogP contribution is -2.39. The summed E-state index contributed by atoms with van der Waals surface area (Å²) in [5.41, 5.74) is 3.87. The van der Waals surface area contributed by atoms with E-state index in [-0.39, 0.29) is 10.8 Å². The molecule has 7 heteroatoms. The summed E-state index contributed by atoms with van der Waals surface area (Å²) in [6, 6.07) is 0. The number of rotatable bonds is 2. The molecule has 80 valence electrons. The summed E-state index contributed by atoms with van der Waals surface area (Å²) < 4.78 is 0. The van der Waals surface area contributed by atoms with E-state index in [9.17, 15) is 4.79 Å². The van der Waals surface area contributed by atoms with Crippen LogP contribution in [0.1, 0.15) is 20.8 Å². The highest BCUT2D eigenvalue weighted by Crippen LogP contribution is 2.15. The van der Waals surface area contributed by atoms with Crippen LogP contribution in [-0.4, -0.2) is 21.9 Å². The van der Waals surface area contributed by atoms with Crippen molar-refractivity contribution < 1.29 is 9.90 Å². The predicted molar refractivity (Wildman–Crippen MR) is 57.6 cm³/mol. The molecule has 0 aromatic rings. The first-order chi connectivity index (χ1) is 6.29. The monoisotopic (exact) mass is 218 g/mol. The summed E-state index contributed by atoms with van der Waals surface area (Å²) in [7, 11) is 0. The molecule has 0 aliphatic carbocycles. The molecule has 0 atom stereocenters. The largest absolute Gasteiger partial charge is 0.477 e. The average molecular weight is 218 g/mol. The Bertz CT molecular complexity index is 269. The SMILES string of the molecule is CC(C)(C)C(=NNC(=S)NN)C(=O)O. The summed E-state index contributed by atoms with van der Waals surface area (Å²) in [6.45, 7) is 5.21. The van der Waals surface area contributed by atoms with E-state index in [0.29, 0.717) is 0 Å². The number of hydrogen-bond donors (Lipinski definition) is 4. The van der Waals surface area contributed by atoms with E-state index in [1.54, 1.807) is 20.8 Å². The molecule has 0 saturated heterocycles. The second kappa shape index (κ2) is 4.87. The second-order valence-corrected chi connectivity index (χ2v) is 4.01. The Morgan fingerprint density at radius 2 is 2.00 bits per heavy atom. The molecule has 0 fully saturated rings. The molecule has 0 amide bonds. The van der Waals surface area contributed by atoms with Gasteiger partial charge in [0.25, 0.3) is 0 Å². The van der Waals surface area contributed by atoms with Crippen LogP contribution in [0, 0.1) is 5.41 Å². The average Bonchev–Trinajstić information content (AvgIpc) is 2.01. The van der Waals surface area contributed by atoms with E-state index in [1.807, 2.05) is 0 Å². The molecular formula is C7H14N4O2S. The zero-order chi connectivity index (χ0) is 11.4. The van der Waals surface area contributed by atoms with Crippen LogP contribution < -0.4 is 16.7 Å². The molecule has 0 aromatic heterocycles. The van der Waals surface area contributed by atoms with Crippen LogP contribution in [0.2, 0.25) is 0 Å². The van der Waals surface area contributed by atoms with Gasteiger partial charge >= 0.3 is 5.97 Å². The fourth-order valence-corrected chi connectivity index (χ4v) is 0.721. The molecule has 0 aliphatic heterocycles. The smallest absolute Gasteiger partial charge is 0.352 e. The molecule has 0 rings (SSSR count). The lowest BCUT2D eigenvalue weighted by molar-refractivity contribution is -0.129. The normalized spacial score (nSPS) is 12.1. The number of hydrazone groups is 1. The molecular weight excluding hydrogens is 204 g/mol. The Kier molecular flexibility index (Phi) is 4.45. The summed E-state index contributed by atoms with van der Waals surface area (Å²) >= 11 is 4.64. The Hall–Kier alpha value is -1.21. The van der Waals surface area contributed by atoms with Crippen LogP contribution in [0.4, 0.5) is 0 Å². The fraction of sp³-hybridized carbons (Fsp3) is 0.571. The number of nitrogens with two attached hydrogens (primary N) is 1. The Balaban J connectivity index is 4.68. The number of thiocarbonyl (C=S) groups is 1. The van der Waals surface area contributed by atoms with Gasteiger partial charge in [-0.1, -0.05) is 20.8 Å². The van der Waals surface area contributed by atoms with Crippen molar-refractivity contribution in [3.05, 3.63) is 0 Å². The van der Waals surface area contributed by atoms with E-state index < -0.39 is 11.4 Å². The van der Waals surface area contributed by atoms with Gasteiger partial charge in [0.15, 0.2) is 5.71 Å². The third kappa shape index (κ3) is 4.15. The maximum atomic E-state index is 10.8. The summed E-state index contributed by atoms with van der Waals surface area (Å²) in [6.07, 6.45) is 0. The molecule has 6 nitrogen and oxygen atoms in total. The van der Waals surface area contributed by atoms with Gasteiger partial charge in [-0.2, -0.15) is 5.10 Å². The van der Waals surface area contributed by atoms with Gasteiger partial charge in [0.05, 0.1) is 0 Å². The topological polar surface area (TPSA) is 99.7 Å². The van der Waals surface area contributed by atoms with E-state index >= 15 is 0 Å². The van der Waals surface area contributed by atoms with Crippen molar-refractivity contribution >= 4 is 29.0 Å². The Morgan fingerprint density at radius 1 is 1.50 bits per heavy atom. The number of nitrogens with one attached hydrogen (secondary N) is 2. The molecule has 0 spiro atoms. The molecule has 0 unspecified atom stereocenters. The van der Waals surface area contributed by atoms with Gasteiger partial charge in [-0.05, 0) is 12.2 Å². The Labute approximate surface area is 87.5 Å². The standard InChI is InChI=1S/C7H14N4O2S/c1-7(2,3)4(5(12)13)10-11-6(14)9-8/h8H2,1-3H3,(H,12,13)(H2,9,11,14). The Morgan fingerprint density at radius 3 is 2.29 bits per heavy atom. The van der Waals surface area contributed by atoms with Crippen molar-refractivity contribution in [2.45, 2.75) is 20.8 Å². The number of carbonyl (C=O) groups is 1. The molecule has 0 aliphatic rings. The van der Waals surface area contributed by atoms with Gasteiger partial charge in [-0.15, -0.1) is 0 Å². The molecule has 14 heavy (non-hydrogen) atoms. The lowest BCUT2D eigenvalue weighted by Gasteiger charge is -2.17. The van der Waals surface area contributed by atoms with Crippen LogP contribution in [0.25, 0.3) is 0 Å². The van der Waals surface area contributed by atoms with Crippen molar-refractivity contribution in [2.75, 3.05) is 0 Å². The quantitative estimate of drug-likeness (QED) is 0.222. The van der Waals surface area contributed by atoms with Crippen LogP contribution in [0.3, 0.4) is 0 Å². The highest BCUT2D eigenvalue weighted by molar-refractivity contribution is 7.80. The third-order valence-electron chi connectivity index (χ3n) is 1.31. The van der Waals surface area contributed by atoms with Gasteiger partial charge in [0.2, 0.25) is 5.11 Å². The molecule has 0 radical (unpaired) electrons. The fourth-order valence-electron chi connectivity index (χ4n) is 0.675. The van der Waals surface area contributed by atoms with Crippen molar-refractivity contribution in [1.82, 2.24) is 10.9 Å². The van der Waals surface area contributed by atoms with Crippen molar-refractivity contribution in [3.63, 3.8) is 0 Å². The number of hydrogen-bond acceptors (Lipinski definition) is 4. The first-order valence-electron chi connectivity index (χ1n) is 3.87. The van der Waals surface area contributed by atoms with Crippen molar-refractivity contribution in [1.29, 1.82) is 0 Å². The number of carboxylic acid groups (broad SMARTS) is 1. The molecule has 5 N–H and O–H groups in total. The van der Waals surface area contributed by atoms with Crippen molar-refractivity contribution in [2.24, 2.45) is 16.4 Å². The summed E-state index contributed by atoms with van der Waals surface area (Å²) in [5.74, 6) is 3.88. The number of hydrazine groups is 1. The minimum absolute atomic E-state index is 0.0184. The minimum Gasteiger partial charge on any atom is -0.477 e. The number of aliphatic carboxylic acids is 1. The summed E-state index contributed by atoms with van der Waals surface area (Å²) in [5, 5.41) is 12.5. The minimum atomic E-state index is -1.09. The first-order valence-corrected chi connectivity index (χ1v) is 4.28. The molecule has 0 heterocycles. The second-order valence-electron chi connectivity index (χ2n) is 3.60. The lowest BCUT2D eigenvalue weighted by atomic mass is 9.90. The maximum Gasteiger partial charge on any atom is 0.352 e. The van der Waals surface area contributed by atoms with Crippen LogP contribution in [0.15, 0.2) is 5.10 Å². The van der Waals surface area contributed by atoms with Crippen LogP contribution in [-0.2, 0) is 4.79 Å². The van der Waals surface area contributed by atoms with E-state index in [4.69, 9.17) is 10.9 Å². The molecule has 0 aromatic carbocycles. The molecule has 0 saturated carbocycles. The highest BCUT2D eigenvalue weighted by Gasteiger charge is 2.25. The maximum absolute atomic E-state index is 10.8. The van der Waals surface area contributed by atoms with Crippen LogP contribution >= 0.6 is 12.2 Å². The number of nitrogens with zero attached hydrogens (tertiary/aromatic N) is 1. The first kappa shape index (κ1) is 12.8. The van der Waals surface area contributed by atoms with Gasteiger partial charge in [0, 0.05) is 5.41 Å². The van der Waals surface area contributed by atoms with Crippen LogP contribution in [0.5, 0.6) is 0 Å². The van der Waals surface area contributed by atoms with Gasteiger partial charge < -0.3 is 5.11 Å². The van der Waals surface area contributed by atoms with E-state index in [2.05, 4.69) is 28.2 Å². The van der Waals surface area contributed by atoms with E-state index in [0.717, 1.165) is 0 Å². The zero-order valence-electron chi connectivity index (χ0n) is 8.29. The number of carboxylic acids is 1. The third-order valence-corrected chi connectivity index (χ3v) is 1.52. The zero-order valence-corrected chi connectivity index (χ0v) is 9.10. The molecule has 0 bridgehead atoms. The highest BCUT2D eigenvalue weighted by atomic mass is 32.1.